The fraction of sp³-hybridized carbons (Fsp3) is 0.115. The molecule has 3 aromatic carbocycles. The van der Waals surface area contributed by atoms with Crippen molar-refractivity contribution in [2.24, 2.45) is 5.10 Å². The van der Waals surface area contributed by atoms with Crippen molar-refractivity contribution in [2.75, 3.05) is 5.01 Å². The molecule has 5 nitrogen and oxygen atoms in total. The maximum absolute atomic E-state index is 13.2. The first-order valence-corrected chi connectivity index (χ1v) is 11.4. The molecule has 1 aliphatic heterocycles. The zero-order valence-electron chi connectivity index (χ0n) is 18.0. The fourth-order valence-corrected chi connectivity index (χ4v) is 4.44. The van der Waals surface area contributed by atoms with E-state index < -0.39 is 0 Å². The second kappa shape index (κ2) is 8.02. The number of aromatic nitrogens is 2. The third kappa shape index (κ3) is 3.44. The summed E-state index contributed by atoms with van der Waals surface area (Å²) in [5.41, 5.74) is 5.88. The maximum atomic E-state index is 13.2. The summed E-state index contributed by atoms with van der Waals surface area (Å²) >= 11 is 2.25. The zero-order valence-corrected chi connectivity index (χ0v) is 20.2. The number of nitrogens with zero attached hydrogens (tertiary/aromatic N) is 4. The van der Waals surface area contributed by atoms with Crippen molar-refractivity contribution >= 4 is 56.7 Å². The van der Waals surface area contributed by atoms with Crippen molar-refractivity contribution in [3.63, 3.8) is 0 Å². The minimum atomic E-state index is -0.125. The molecule has 1 aliphatic rings. The number of fused-ring (bicyclic) bond motifs is 1. The molecule has 32 heavy (non-hydrogen) atoms. The van der Waals surface area contributed by atoms with Crippen molar-refractivity contribution in [3.05, 3.63) is 92.8 Å². The van der Waals surface area contributed by atoms with Crippen LogP contribution in [0.2, 0.25) is 0 Å². The highest BCUT2D eigenvalue weighted by atomic mass is 127. The largest absolute Gasteiger partial charge is 0.280 e. The van der Waals surface area contributed by atoms with Crippen LogP contribution in [0, 0.1) is 17.4 Å². The molecule has 2 heterocycles. The van der Waals surface area contributed by atoms with Gasteiger partial charge < -0.3 is 0 Å². The van der Waals surface area contributed by atoms with Crippen LogP contribution in [0.5, 0.6) is 0 Å². The third-order valence-electron chi connectivity index (χ3n) is 5.76. The predicted molar refractivity (Wildman–Crippen MR) is 138 cm³/mol. The third-order valence-corrected chi connectivity index (χ3v) is 6.48. The highest BCUT2D eigenvalue weighted by Crippen LogP contribution is 2.29. The number of hydrazone groups is 1. The smallest absolute Gasteiger partial charge is 0.267 e. The van der Waals surface area contributed by atoms with Gasteiger partial charge in [0.25, 0.3) is 5.91 Å². The van der Waals surface area contributed by atoms with Gasteiger partial charge in [-0.1, -0.05) is 36.4 Å². The minimum absolute atomic E-state index is 0.125. The van der Waals surface area contributed by atoms with E-state index in [2.05, 4.69) is 52.0 Å². The Balaban J connectivity index is 1.57. The molecular formula is C26H21IN4O. The number of aryl methyl sites for hydroxylation is 1. The monoisotopic (exact) mass is 532 g/mol. The molecule has 1 aromatic heterocycles. The Morgan fingerprint density at radius 2 is 1.62 bits per heavy atom. The molecule has 4 aromatic rings. The second-order valence-corrected chi connectivity index (χ2v) is 9.08. The molecule has 0 spiro atoms. The summed E-state index contributed by atoms with van der Waals surface area (Å²) in [5, 5.41) is 13.1. The molecule has 0 N–H and O–H groups in total. The predicted octanol–water partition coefficient (Wildman–Crippen LogP) is 6.05. The van der Waals surface area contributed by atoms with Gasteiger partial charge in [0.15, 0.2) is 0 Å². The van der Waals surface area contributed by atoms with Gasteiger partial charge in [-0.3, -0.25) is 4.79 Å². The minimum Gasteiger partial charge on any atom is -0.267 e. The topological polar surface area (TPSA) is 50.5 Å². The van der Waals surface area contributed by atoms with Crippen LogP contribution in [0.15, 0.2) is 77.4 Å². The van der Waals surface area contributed by atoms with Gasteiger partial charge in [0.1, 0.15) is 0 Å². The van der Waals surface area contributed by atoms with E-state index in [-0.39, 0.29) is 5.91 Å². The molecular weight excluding hydrogens is 511 g/mol. The van der Waals surface area contributed by atoms with Crippen LogP contribution in [0.3, 0.4) is 0 Å². The molecule has 0 saturated heterocycles. The maximum Gasteiger partial charge on any atom is 0.280 e. The number of carbonyl (C=O) groups excluding carboxylic acids is 1. The van der Waals surface area contributed by atoms with E-state index in [1.54, 1.807) is 0 Å². The number of halogens is 1. The molecule has 0 unspecified atom stereocenters. The van der Waals surface area contributed by atoms with Gasteiger partial charge >= 0.3 is 0 Å². The Hall–Kier alpha value is -3.26. The molecule has 1 amide bonds. The van der Waals surface area contributed by atoms with E-state index in [0.717, 1.165) is 37.3 Å². The lowest BCUT2D eigenvalue weighted by Crippen LogP contribution is -2.21. The fourth-order valence-electron chi connectivity index (χ4n) is 4.08. The number of rotatable bonds is 3. The summed E-state index contributed by atoms with van der Waals surface area (Å²) in [5.74, 6) is -0.125. The van der Waals surface area contributed by atoms with Crippen LogP contribution >= 0.6 is 22.6 Å². The van der Waals surface area contributed by atoms with Crippen molar-refractivity contribution in [1.82, 2.24) is 9.78 Å². The molecule has 0 fully saturated rings. The molecule has 0 bridgehead atoms. The van der Waals surface area contributed by atoms with Crippen LogP contribution in [0.25, 0.3) is 22.5 Å². The zero-order chi connectivity index (χ0) is 22.4. The average molecular weight is 532 g/mol. The van der Waals surface area contributed by atoms with Crippen LogP contribution in [0.4, 0.5) is 5.69 Å². The van der Waals surface area contributed by atoms with Gasteiger partial charge in [-0.15, -0.1) is 0 Å². The van der Waals surface area contributed by atoms with Crippen molar-refractivity contribution < 1.29 is 4.79 Å². The number of carbonyl (C=O) groups is 1. The molecule has 0 atom stereocenters. The highest BCUT2D eigenvalue weighted by Gasteiger charge is 2.29. The Morgan fingerprint density at radius 1 is 0.906 bits per heavy atom. The number of hydrogen-bond donors (Lipinski definition) is 0. The van der Waals surface area contributed by atoms with Crippen molar-refractivity contribution in [3.8, 4) is 5.69 Å². The van der Waals surface area contributed by atoms with E-state index in [1.807, 2.05) is 74.0 Å². The normalized spacial score (nSPS) is 15.1. The van der Waals surface area contributed by atoms with E-state index in [1.165, 1.54) is 10.4 Å². The standard InChI is InChI=1S/C26H21IN4O/c1-16-23(15-24-17(2)29-31(26(24)32)21-13-11-20(27)12-14-21)18(3)30(28-16)25-10-6-8-19-7-4-5-9-22(19)25/h4-15H,1-3H3/b24-15+. The first kappa shape index (κ1) is 20.6. The van der Waals surface area contributed by atoms with E-state index in [4.69, 9.17) is 5.10 Å². The lowest BCUT2D eigenvalue weighted by Gasteiger charge is -2.11. The summed E-state index contributed by atoms with van der Waals surface area (Å²) in [6.45, 7) is 5.89. The van der Waals surface area contributed by atoms with Crippen molar-refractivity contribution in [1.29, 1.82) is 0 Å². The van der Waals surface area contributed by atoms with Crippen molar-refractivity contribution in [2.45, 2.75) is 20.8 Å². The Kier molecular flexibility index (Phi) is 5.17. The lowest BCUT2D eigenvalue weighted by atomic mass is 10.1. The number of hydrogen-bond acceptors (Lipinski definition) is 3. The van der Waals surface area contributed by atoms with Crippen LogP contribution in [0.1, 0.15) is 23.9 Å². The van der Waals surface area contributed by atoms with E-state index in [9.17, 15) is 4.79 Å². The quantitative estimate of drug-likeness (QED) is 0.238. The summed E-state index contributed by atoms with van der Waals surface area (Å²) in [6, 6.07) is 22.3. The molecule has 5 rings (SSSR count). The van der Waals surface area contributed by atoms with Crippen LogP contribution in [-0.2, 0) is 4.79 Å². The van der Waals surface area contributed by atoms with Gasteiger partial charge in [-0.2, -0.15) is 15.2 Å². The number of benzene rings is 3. The molecule has 0 aliphatic carbocycles. The van der Waals surface area contributed by atoms with Crippen LogP contribution < -0.4 is 5.01 Å². The number of amides is 1. The molecule has 0 saturated carbocycles. The Bertz CT molecular complexity index is 1420. The lowest BCUT2D eigenvalue weighted by molar-refractivity contribution is -0.114. The van der Waals surface area contributed by atoms with E-state index >= 15 is 0 Å². The van der Waals surface area contributed by atoms with E-state index in [0.29, 0.717) is 11.3 Å². The summed E-state index contributed by atoms with van der Waals surface area (Å²) < 4.78 is 3.08. The second-order valence-electron chi connectivity index (χ2n) is 7.83. The Labute approximate surface area is 200 Å². The summed E-state index contributed by atoms with van der Waals surface area (Å²) in [7, 11) is 0. The summed E-state index contributed by atoms with van der Waals surface area (Å²) in [6.07, 6.45) is 1.92. The van der Waals surface area contributed by atoms with Gasteiger partial charge in [-0.05, 0) is 85.2 Å². The SMILES string of the molecule is CC1=NN(c2ccc(I)cc2)C(=O)/C1=C/c1c(C)nn(-c2cccc3ccccc23)c1C. The van der Waals surface area contributed by atoms with Gasteiger partial charge in [0.05, 0.1) is 28.4 Å². The first-order valence-electron chi connectivity index (χ1n) is 10.4. The van der Waals surface area contributed by atoms with Crippen LogP contribution in [-0.4, -0.2) is 21.4 Å². The first-order chi connectivity index (χ1) is 15.4. The van der Waals surface area contributed by atoms with Gasteiger partial charge in [0.2, 0.25) is 0 Å². The summed E-state index contributed by atoms with van der Waals surface area (Å²) in [4.78, 5) is 13.2. The molecule has 158 valence electrons. The molecule has 6 heteroatoms. The average Bonchev–Trinajstić information content (AvgIpc) is 3.24. The van der Waals surface area contributed by atoms with Gasteiger partial charge in [-0.25, -0.2) is 4.68 Å². The number of anilines is 1. The molecule has 0 radical (unpaired) electrons. The van der Waals surface area contributed by atoms with Gasteiger partial charge in [0, 0.05) is 20.2 Å². The highest BCUT2D eigenvalue weighted by molar-refractivity contribution is 14.1. The Morgan fingerprint density at radius 3 is 2.41 bits per heavy atom.